The number of hydrogen-bond donors (Lipinski definition) is 1. The summed E-state index contributed by atoms with van der Waals surface area (Å²) in [6.45, 7) is 3.95. The van der Waals surface area contributed by atoms with Crippen molar-refractivity contribution in [2.75, 3.05) is 6.54 Å². The Kier molecular flexibility index (Phi) is 6.29. The number of ketones is 1. The molecule has 0 saturated carbocycles. The van der Waals surface area contributed by atoms with E-state index in [4.69, 9.17) is 4.52 Å². The first kappa shape index (κ1) is 21.4. The summed E-state index contributed by atoms with van der Waals surface area (Å²) in [5, 5.41) is 13.9. The van der Waals surface area contributed by atoms with Crippen molar-refractivity contribution in [1.29, 1.82) is 0 Å². The highest BCUT2D eigenvalue weighted by Crippen LogP contribution is 2.28. The van der Waals surface area contributed by atoms with E-state index in [1.807, 2.05) is 24.6 Å². The predicted octanol–water partition coefficient (Wildman–Crippen LogP) is 3.12. The number of likely N-dealkylation sites (tertiary alicyclic amines) is 1. The van der Waals surface area contributed by atoms with Gasteiger partial charge in [0.05, 0.1) is 40.3 Å². The fourth-order valence-electron chi connectivity index (χ4n) is 3.98. The third kappa shape index (κ3) is 4.91. The maximum atomic E-state index is 12.9. The molecule has 0 unspecified atom stereocenters. The van der Waals surface area contributed by atoms with E-state index >= 15 is 0 Å². The Balaban J connectivity index is 1.36. The minimum atomic E-state index is -0.684. The van der Waals surface area contributed by atoms with Gasteiger partial charge in [0.15, 0.2) is 5.78 Å². The molecule has 3 aromatic rings. The third-order valence-electron chi connectivity index (χ3n) is 5.59. The Labute approximate surface area is 184 Å². The number of amides is 1. The largest absolute Gasteiger partial charge is 0.391 e. The van der Waals surface area contributed by atoms with E-state index in [0.717, 1.165) is 21.7 Å². The van der Waals surface area contributed by atoms with Gasteiger partial charge in [-0.2, -0.15) is 0 Å². The average molecular weight is 440 g/mol. The molecule has 1 aromatic carbocycles. The van der Waals surface area contributed by atoms with Crippen LogP contribution in [-0.4, -0.2) is 50.5 Å². The molecule has 1 amide bonds. The lowest BCUT2D eigenvalue weighted by Gasteiger charge is -2.23. The number of aliphatic hydroxyl groups excluding tert-OH is 1. The van der Waals surface area contributed by atoms with Gasteiger partial charge in [0.2, 0.25) is 5.91 Å². The Hall–Kier alpha value is -2.84. The second kappa shape index (κ2) is 9.11. The molecule has 1 N–H and O–H groups in total. The smallest absolute Gasteiger partial charge is 0.231 e. The van der Waals surface area contributed by atoms with Gasteiger partial charge in [-0.25, -0.2) is 4.98 Å². The van der Waals surface area contributed by atoms with Crippen LogP contribution in [0, 0.1) is 13.8 Å². The number of nitrogens with zero attached hydrogens (tertiary/aromatic N) is 3. The maximum absolute atomic E-state index is 12.9. The minimum Gasteiger partial charge on any atom is -0.391 e. The van der Waals surface area contributed by atoms with Gasteiger partial charge in [0.25, 0.3) is 0 Å². The SMILES string of the molecule is Cc1cc(CC(=O)N2C[C@H](O)C[C@H]2C(=O)CCc2ccc(-c3scnc3C)cc2)on1. The molecule has 1 aliphatic rings. The van der Waals surface area contributed by atoms with E-state index < -0.39 is 12.1 Å². The molecule has 2 aromatic heterocycles. The highest BCUT2D eigenvalue weighted by atomic mass is 32.1. The topological polar surface area (TPSA) is 96.5 Å². The van der Waals surface area contributed by atoms with Crippen LogP contribution < -0.4 is 0 Å². The molecule has 8 heteroatoms. The van der Waals surface area contributed by atoms with Crippen molar-refractivity contribution >= 4 is 23.0 Å². The molecule has 2 atom stereocenters. The number of thiazole rings is 1. The summed E-state index contributed by atoms with van der Waals surface area (Å²) in [6.07, 6.45) is 0.550. The Morgan fingerprint density at radius 3 is 2.68 bits per heavy atom. The monoisotopic (exact) mass is 439 g/mol. The average Bonchev–Trinajstić information content (AvgIpc) is 3.46. The van der Waals surface area contributed by atoms with Crippen LogP contribution in [0.5, 0.6) is 0 Å². The second-order valence-electron chi connectivity index (χ2n) is 7.99. The first-order valence-corrected chi connectivity index (χ1v) is 11.2. The third-order valence-corrected chi connectivity index (χ3v) is 6.57. The minimum absolute atomic E-state index is 0.0268. The number of aryl methyl sites for hydroxylation is 3. The van der Waals surface area contributed by atoms with Crippen LogP contribution in [0.3, 0.4) is 0 Å². The molecule has 4 rings (SSSR count). The quantitative estimate of drug-likeness (QED) is 0.608. The summed E-state index contributed by atoms with van der Waals surface area (Å²) in [5.74, 6) is 0.211. The zero-order chi connectivity index (χ0) is 22.0. The molecule has 1 saturated heterocycles. The zero-order valence-electron chi connectivity index (χ0n) is 17.6. The lowest BCUT2D eigenvalue weighted by molar-refractivity contribution is -0.137. The first-order chi connectivity index (χ1) is 14.9. The van der Waals surface area contributed by atoms with E-state index in [9.17, 15) is 14.7 Å². The highest BCUT2D eigenvalue weighted by Gasteiger charge is 2.38. The summed E-state index contributed by atoms with van der Waals surface area (Å²) in [6, 6.07) is 9.27. The molecule has 0 aliphatic carbocycles. The Morgan fingerprint density at radius 1 is 1.26 bits per heavy atom. The summed E-state index contributed by atoms with van der Waals surface area (Å²) < 4.78 is 5.12. The van der Waals surface area contributed by atoms with E-state index in [2.05, 4.69) is 22.3 Å². The van der Waals surface area contributed by atoms with Gasteiger partial charge >= 0.3 is 0 Å². The number of aromatic nitrogens is 2. The van der Waals surface area contributed by atoms with Crippen molar-refractivity contribution in [1.82, 2.24) is 15.0 Å². The van der Waals surface area contributed by atoms with Crippen molar-refractivity contribution in [3.63, 3.8) is 0 Å². The molecule has 1 fully saturated rings. The summed E-state index contributed by atoms with van der Waals surface area (Å²) in [7, 11) is 0. The number of rotatable bonds is 7. The lowest BCUT2D eigenvalue weighted by atomic mass is 10.00. The molecule has 31 heavy (non-hydrogen) atoms. The van der Waals surface area contributed by atoms with Crippen molar-refractivity contribution in [2.45, 2.75) is 51.7 Å². The van der Waals surface area contributed by atoms with Gasteiger partial charge in [0.1, 0.15) is 5.76 Å². The van der Waals surface area contributed by atoms with E-state index in [0.29, 0.717) is 24.3 Å². The molecule has 0 spiro atoms. The molecule has 7 nitrogen and oxygen atoms in total. The van der Waals surface area contributed by atoms with Gasteiger partial charge < -0.3 is 14.5 Å². The van der Waals surface area contributed by atoms with Gasteiger partial charge in [-0.3, -0.25) is 9.59 Å². The normalized spacial score (nSPS) is 18.5. The number of carbonyl (C=O) groups excluding carboxylic acids is 2. The van der Waals surface area contributed by atoms with Crippen LogP contribution in [-0.2, 0) is 22.4 Å². The van der Waals surface area contributed by atoms with Crippen molar-refractivity contribution in [3.05, 3.63) is 58.6 Å². The van der Waals surface area contributed by atoms with Gasteiger partial charge in [-0.1, -0.05) is 29.4 Å². The van der Waals surface area contributed by atoms with Crippen LogP contribution in [0.15, 0.2) is 40.4 Å². The van der Waals surface area contributed by atoms with Crippen LogP contribution >= 0.6 is 11.3 Å². The molecular formula is C23H25N3O4S. The fraction of sp³-hybridized carbons (Fsp3) is 0.391. The molecule has 0 radical (unpaired) electrons. The second-order valence-corrected chi connectivity index (χ2v) is 8.85. The van der Waals surface area contributed by atoms with Crippen molar-refractivity contribution in [2.24, 2.45) is 0 Å². The van der Waals surface area contributed by atoms with Crippen LogP contribution in [0.25, 0.3) is 10.4 Å². The molecule has 1 aliphatic heterocycles. The number of hydrogen-bond acceptors (Lipinski definition) is 7. The zero-order valence-corrected chi connectivity index (χ0v) is 18.4. The van der Waals surface area contributed by atoms with Gasteiger partial charge in [0, 0.05) is 25.5 Å². The lowest BCUT2D eigenvalue weighted by Crippen LogP contribution is -2.41. The molecule has 0 bridgehead atoms. The number of β-amino-alcohol motifs (C(OH)–C–C–N with tert-alkyl or cyclic N) is 1. The van der Waals surface area contributed by atoms with Crippen LogP contribution in [0.4, 0.5) is 0 Å². The Morgan fingerprint density at radius 2 is 2.03 bits per heavy atom. The predicted molar refractivity (Wildman–Crippen MR) is 117 cm³/mol. The standard InChI is InChI=1S/C23H25N3O4S/c1-14-9-19(30-25-14)11-22(29)26-12-18(27)10-20(26)21(28)8-5-16-3-6-17(7-4-16)23-15(2)24-13-31-23/h3-4,6-7,9,13,18,20,27H,5,8,10-12H2,1-2H3/t18-,20+/m1/s1. The van der Waals surface area contributed by atoms with Crippen molar-refractivity contribution < 1.29 is 19.2 Å². The summed E-state index contributed by atoms with van der Waals surface area (Å²) in [4.78, 5) is 32.5. The molecule has 162 valence electrons. The van der Waals surface area contributed by atoms with Gasteiger partial charge in [-0.05, 0) is 31.4 Å². The fourth-order valence-corrected chi connectivity index (χ4v) is 4.79. The number of carbonyl (C=O) groups is 2. The van der Waals surface area contributed by atoms with E-state index in [1.54, 1.807) is 24.3 Å². The number of aliphatic hydroxyl groups is 1. The number of Topliss-reactive ketones (excluding diaryl/α,β-unsaturated/α-hetero) is 1. The van der Waals surface area contributed by atoms with Crippen molar-refractivity contribution in [3.8, 4) is 10.4 Å². The first-order valence-electron chi connectivity index (χ1n) is 10.3. The summed E-state index contributed by atoms with van der Waals surface area (Å²) >= 11 is 1.61. The van der Waals surface area contributed by atoms with E-state index in [1.165, 1.54) is 4.90 Å². The number of benzene rings is 1. The van der Waals surface area contributed by atoms with Crippen LogP contribution in [0.2, 0.25) is 0 Å². The molecule has 3 heterocycles. The van der Waals surface area contributed by atoms with Crippen LogP contribution in [0.1, 0.15) is 35.6 Å². The van der Waals surface area contributed by atoms with Gasteiger partial charge in [-0.15, -0.1) is 11.3 Å². The highest BCUT2D eigenvalue weighted by molar-refractivity contribution is 7.13. The van der Waals surface area contributed by atoms with E-state index in [-0.39, 0.29) is 31.1 Å². The molecular weight excluding hydrogens is 414 g/mol. The summed E-state index contributed by atoms with van der Waals surface area (Å²) in [5.41, 5.74) is 5.73. The maximum Gasteiger partial charge on any atom is 0.231 e. The Bertz CT molecular complexity index is 1070.